The summed E-state index contributed by atoms with van der Waals surface area (Å²) in [6.45, 7) is 3.79. The van der Waals surface area contributed by atoms with Crippen LogP contribution in [0.15, 0.2) is 24.3 Å². The van der Waals surface area contributed by atoms with E-state index in [1.165, 1.54) is 6.07 Å². The maximum absolute atomic E-state index is 13.8. The van der Waals surface area contributed by atoms with Crippen LogP contribution in [0.5, 0.6) is 0 Å². The van der Waals surface area contributed by atoms with Gasteiger partial charge in [-0.25, -0.2) is 4.39 Å². The van der Waals surface area contributed by atoms with Gasteiger partial charge in [0.2, 0.25) is 0 Å². The van der Waals surface area contributed by atoms with Crippen LogP contribution in [-0.4, -0.2) is 51.2 Å². The quantitative estimate of drug-likeness (QED) is 0.876. The van der Waals surface area contributed by atoms with Crippen LogP contribution in [0, 0.1) is 5.82 Å². The minimum absolute atomic E-state index is 0.116. The third-order valence-electron chi connectivity index (χ3n) is 3.70. The van der Waals surface area contributed by atoms with Gasteiger partial charge in [-0.3, -0.25) is 4.90 Å². The van der Waals surface area contributed by atoms with Gasteiger partial charge in [-0.05, 0) is 39.2 Å². The number of para-hydroxylation sites is 1. The van der Waals surface area contributed by atoms with Gasteiger partial charge in [0.05, 0.1) is 5.69 Å². The van der Waals surface area contributed by atoms with Crippen LogP contribution in [0.4, 0.5) is 10.1 Å². The van der Waals surface area contributed by atoms with Crippen molar-refractivity contribution in [3.05, 3.63) is 30.1 Å². The second-order valence-electron chi connectivity index (χ2n) is 4.92. The molecule has 1 heterocycles. The molecule has 1 aliphatic rings. The molecule has 1 fully saturated rings. The van der Waals surface area contributed by atoms with E-state index >= 15 is 0 Å². The lowest BCUT2D eigenvalue weighted by molar-refractivity contribution is 0.207. The predicted molar refractivity (Wildman–Crippen MR) is 73.6 cm³/mol. The molecular weight excluding hydrogens is 229 g/mol. The van der Waals surface area contributed by atoms with Crippen LogP contribution >= 0.6 is 0 Å². The number of likely N-dealkylation sites (N-methyl/N-ethyl adjacent to an activating group) is 1. The SMILES string of the molecule is CNCCC1CN(c2ccccc2F)CCN1C. The molecule has 1 unspecified atom stereocenters. The summed E-state index contributed by atoms with van der Waals surface area (Å²) in [5.41, 5.74) is 0.736. The van der Waals surface area contributed by atoms with Crippen molar-refractivity contribution in [2.75, 3.05) is 45.2 Å². The van der Waals surface area contributed by atoms with Gasteiger partial charge in [0.1, 0.15) is 5.82 Å². The van der Waals surface area contributed by atoms with Crippen molar-refractivity contribution < 1.29 is 4.39 Å². The molecule has 1 aliphatic heterocycles. The first-order chi connectivity index (χ1) is 8.72. The Morgan fingerprint density at radius 1 is 1.33 bits per heavy atom. The van der Waals surface area contributed by atoms with E-state index in [2.05, 4.69) is 22.2 Å². The zero-order chi connectivity index (χ0) is 13.0. The molecule has 0 radical (unpaired) electrons. The van der Waals surface area contributed by atoms with Crippen molar-refractivity contribution in [3.63, 3.8) is 0 Å². The molecule has 4 heteroatoms. The fourth-order valence-electron chi connectivity index (χ4n) is 2.50. The van der Waals surface area contributed by atoms with Crippen LogP contribution in [0.2, 0.25) is 0 Å². The van der Waals surface area contributed by atoms with E-state index in [1.807, 2.05) is 19.2 Å². The smallest absolute Gasteiger partial charge is 0.146 e. The summed E-state index contributed by atoms with van der Waals surface area (Å²) in [4.78, 5) is 4.53. The van der Waals surface area contributed by atoms with Crippen LogP contribution in [0.1, 0.15) is 6.42 Å². The van der Waals surface area contributed by atoms with E-state index < -0.39 is 0 Å². The Balaban J connectivity index is 2.05. The first-order valence-electron chi connectivity index (χ1n) is 6.56. The highest BCUT2D eigenvalue weighted by atomic mass is 19.1. The normalized spacial score (nSPS) is 21.3. The lowest BCUT2D eigenvalue weighted by Crippen LogP contribution is -2.52. The highest BCUT2D eigenvalue weighted by molar-refractivity contribution is 5.48. The summed E-state index contributed by atoms with van der Waals surface area (Å²) in [5.74, 6) is -0.116. The summed E-state index contributed by atoms with van der Waals surface area (Å²) < 4.78 is 13.8. The van der Waals surface area contributed by atoms with Crippen LogP contribution in [-0.2, 0) is 0 Å². The molecular formula is C14H22FN3. The Morgan fingerprint density at radius 3 is 2.83 bits per heavy atom. The summed E-state index contributed by atoms with van der Waals surface area (Å²) in [5, 5.41) is 3.18. The van der Waals surface area contributed by atoms with Crippen molar-refractivity contribution in [1.82, 2.24) is 10.2 Å². The number of rotatable bonds is 4. The Labute approximate surface area is 109 Å². The number of anilines is 1. The molecule has 0 bridgehead atoms. The van der Waals surface area contributed by atoms with Crippen molar-refractivity contribution in [2.45, 2.75) is 12.5 Å². The molecule has 1 N–H and O–H groups in total. The standard InChI is InChI=1S/C14H22FN3/c1-16-8-7-12-11-18(10-9-17(12)2)14-6-4-3-5-13(14)15/h3-6,12,16H,7-11H2,1-2H3. The van der Waals surface area contributed by atoms with Crippen LogP contribution in [0.25, 0.3) is 0 Å². The molecule has 100 valence electrons. The first kappa shape index (κ1) is 13.3. The van der Waals surface area contributed by atoms with E-state index in [9.17, 15) is 4.39 Å². The average molecular weight is 251 g/mol. The maximum atomic E-state index is 13.8. The second-order valence-corrected chi connectivity index (χ2v) is 4.92. The molecule has 0 aliphatic carbocycles. The summed E-state index contributed by atoms with van der Waals surface area (Å²) in [6, 6.07) is 7.55. The zero-order valence-electron chi connectivity index (χ0n) is 11.2. The summed E-state index contributed by atoms with van der Waals surface area (Å²) in [7, 11) is 4.12. The number of hydrogen-bond donors (Lipinski definition) is 1. The molecule has 1 atom stereocenters. The van der Waals surface area contributed by atoms with Crippen molar-refractivity contribution >= 4 is 5.69 Å². The van der Waals surface area contributed by atoms with Gasteiger partial charge in [0.15, 0.2) is 0 Å². The Hall–Kier alpha value is -1.13. The van der Waals surface area contributed by atoms with Crippen molar-refractivity contribution in [2.24, 2.45) is 0 Å². The van der Waals surface area contributed by atoms with Gasteiger partial charge in [-0.1, -0.05) is 12.1 Å². The monoisotopic (exact) mass is 251 g/mol. The van der Waals surface area contributed by atoms with Gasteiger partial charge in [-0.2, -0.15) is 0 Å². The highest BCUT2D eigenvalue weighted by Gasteiger charge is 2.25. The third kappa shape index (κ3) is 3.00. The number of nitrogens with zero attached hydrogens (tertiary/aromatic N) is 2. The fourth-order valence-corrected chi connectivity index (χ4v) is 2.50. The van der Waals surface area contributed by atoms with Crippen LogP contribution < -0.4 is 10.2 Å². The molecule has 1 saturated heterocycles. The average Bonchev–Trinajstić information content (AvgIpc) is 2.39. The molecule has 3 nitrogen and oxygen atoms in total. The number of halogens is 1. The Kier molecular flexibility index (Phi) is 4.55. The molecule has 0 amide bonds. The minimum Gasteiger partial charge on any atom is -0.366 e. The molecule has 18 heavy (non-hydrogen) atoms. The van der Waals surface area contributed by atoms with Crippen molar-refractivity contribution in [3.8, 4) is 0 Å². The topological polar surface area (TPSA) is 18.5 Å². The van der Waals surface area contributed by atoms with Crippen molar-refractivity contribution in [1.29, 1.82) is 0 Å². The lowest BCUT2D eigenvalue weighted by Gasteiger charge is -2.40. The number of nitrogens with one attached hydrogen (secondary N) is 1. The molecule has 0 aromatic heterocycles. The number of benzene rings is 1. The van der Waals surface area contributed by atoms with Gasteiger partial charge in [0, 0.05) is 25.7 Å². The van der Waals surface area contributed by atoms with Gasteiger partial charge in [0.25, 0.3) is 0 Å². The largest absolute Gasteiger partial charge is 0.366 e. The fraction of sp³-hybridized carbons (Fsp3) is 0.571. The summed E-state index contributed by atoms with van der Waals surface area (Å²) in [6.07, 6.45) is 1.10. The van der Waals surface area contributed by atoms with E-state index in [4.69, 9.17) is 0 Å². The highest BCUT2D eigenvalue weighted by Crippen LogP contribution is 2.22. The Bertz CT molecular complexity index is 383. The van der Waals surface area contributed by atoms with E-state index in [0.29, 0.717) is 6.04 Å². The molecule has 0 spiro atoms. The molecule has 1 aromatic carbocycles. The third-order valence-corrected chi connectivity index (χ3v) is 3.70. The van der Waals surface area contributed by atoms with E-state index in [-0.39, 0.29) is 5.82 Å². The minimum atomic E-state index is -0.116. The Morgan fingerprint density at radius 2 is 2.11 bits per heavy atom. The summed E-state index contributed by atoms with van der Waals surface area (Å²) >= 11 is 0. The van der Waals surface area contributed by atoms with E-state index in [0.717, 1.165) is 38.3 Å². The van der Waals surface area contributed by atoms with Gasteiger partial charge >= 0.3 is 0 Å². The molecule has 0 saturated carbocycles. The van der Waals surface area contributed by atoms with E-state index in [1.54, 1.807) is 6.07 Å². The molecule has 1 aromatic rings. The molecule has 2 rings (SSSR count). The number of hydrogen-bond acceptors (Lipinski definition) is 3. The maximum Gasteiger partial charge on any atom is 0.146 e. The van der Waals surface area contributed by atoms with Gasteiger partial charge < -0.3 is 10.2 Å². The zero-order valence-corrected chi connectivity index (χ0v) is 11.2. The second kappa shape index (κ2) is 6.16. The van der Waals surface area contributed by atoms with Gasteiger partial charge in [-0.15, -0.1) is 0 Å². The number of piperazine rings is 1. The van der Waals surface area contributed by atoms with Crippen LogP contribution in [0.3, 0.4) is 0 Å². The first-order valence-corrected chi connectivity index (χ1v) is 6.56. The lowest BCUT2D eigenvalue weighted by atomic mass is 10.1. The predicted octanol–water partition coefficient (Wildman–Crippen LogP) is 1.56.